The quantitative estimate of drug-likeness (QED) is 0.884. The minimum absolute atomic E-state index is 0.0487. The van der Waals surface area contributed by atoms with Gasteiger partial charge in [0.25, 0.3) is 0 Å². The average molecular weight is 364 g/mol. The molecule has 2 amide bonds. The highest BCUT2D eigenvalue weighted by Crippen LogP contribution is 2.39. The highest BCUT2D eigenvalue weighted by Gasteiger charge is 2.31. The number of nitrogens with zero attached hydrogens (tertiary/aromatic N) is 2. The van der Waals surface area contributed by atoms with E-state index in [1.807, 2.05) is 0 Å². The van der Waals surface area contributed by atoms with Crippen LogP contribution in [0.3, 0.4) is 0 Å². The fourth-order valence-electron chi connectivity index (χ4n) is 2.89. The van der Waals surface area contributed by atoms with E-state index in [4.69, 9.17) is 0 Å². The van der Waals surface area contributed by atoms with E-state index >= 15 is 0 Å². The van der Waals surface area contributed by atoms with E-state index in [0.29, 0.717) is 6.54 Å². The van der Waals surface area contributed by atoms with Gasteiger partial charge < -0.3 is 10.2 Å². The maximum Gasteiger partial charge on any atom is 0.241 e. The second kappa shape index (κ2) is 7.46. The Morgan fingerprint density at radius 1 is 1.29 bits per heavy atom. The molecule has 0 fully saturated rings. The van der Waals surface area contributed by atoms with Crippen LogP contribution in [-0.4, -0.2) is 55.3 Å². The van der Waals surface area contributed by atoms with Crippen LogP contribution in [0.5, 0.6) is 0 Å². The summed E-state index contributed by atoms with van der Waals surface area (Å²) in [6.07, 6.45) is 0.971. The monoisotopic (exact) mass is 363 g/mol. The molecule has 2 aromatic rings. The van der Waals surface area contributed by atoms with Crippen molar-refractivity contribution in [2.75, 3.05) is 33.7 Å². The first-order chi connectivity index (χ1) is 11.6. The molecule has 1 aliphatic heterocycles. The van der Waals surface area contributed by atoms with Crippen LogP contribution in [0.15, 0.2) is 29.0 Å². The molecule has 128 valence electrons. The number of thiophene rings is 2. The van der Waals surface area contributed by atoms with Crippen LogP contribution < -0.4 is 5.32 Å². The summed E-state index contributed by atoms with van der Waals surface area (Å²) in [6, 6.07) is 6.48. The number of amides is 2. The Kier molecular flexibility index (Phi) is 5.33. The van der Waals surface area contributed by atoms with Crippen LogP contribution in [-0.2, 0) is 16.0 Å². The van der Waals surface area contributed by atoms with Gasteiger partial charge in [-0.3, -0.25) is 14.5 Å². The summed E-state index contributed by atoms with van der Waals surface area (Å²) >= 11 is 3.51. The normalized spacial score (nSPS) is 17.3. The third kappa shape index (κ3) is 3.68. The van der Waals surface area contributed by atoms with Crippen LogP contribution in [0.1, 0.15) is 21.4 Å². The predicted octanol–water partition coefficient (Wildman–Crippen LogP) is 1.96. The molecule has 24 heavy (non-hydrogen) atoms. The highest BCUT2D eigenvalue weighted by molar-refractivity contribution is 7.10. The number of hydrogen-bond acceptors (Lipinski definition) is 5. The van der Waals surface area contributed by atoms with Gasteiger partial charge in [0.05, 0.1) is 19.1 Å². The molecular formula is C17H21N3O2S2. The number of carbonyl (C=O) groups is 2. The lowest BCUT2D eigenvalue weighted by atomic mass is 9.98. The fraction of sp³-hybridized carbons (Fsp3) is 0.412. The molecule has 0 saturated carbocycles. The van der Waals surface area contributed by atoms with Gasteiger partial charge in [-0.15, -0.1) is 22.7 Å². The van der Waals surface area contributed by atoms with Crippen molar-refractivity contribution in [3.8, 4) is 0 Å². The van der Waals surface area contributed by atoms with Gasteiger partial charge in [-0.2, -0.15) is 0 Å². The first-order valence-corrected chi connectivity index (χ1v) is 9.62. The van der Waals surface area contributed by atoms with Crippen molar-refractivity contribution in [1.29, 1.82) is 0 Å². The third-order valence-corrected chi connectivity index (χ3v) is 6.08. The lowest BCUT2D eigenvalue weighted by Crippen LogP contribution is -2.44. The number of likely N-dealkylation sites (N-methyl/N-ethyl adjacent to an activating group) is 1. The van der Waals surface area contributed by atoms with Crippen molar-refractivity contribution in [3.63, 3.8) is 0 Å². The first-order valence-electron chi connectivity index (χ1n) is 7.87. The average Bonchev–Trinajstić information content (AvgIpc) is 3.23. The Morgan fingerprint density at radius 2 is 2.12 bits per heavy atom. The maximum atomic E-state index is 12.3. The molecule has 0 bridgehead atoms. The van der Waals surface area contributed by atoms with Crippen LogP contribution in [0.25, 0.3) is 0 Å². The zero-order valence-electron chi connectivity index (χ0n) is 13.8. The lowest BCUT2D eigenvalue weighted by molar-refractivity contribution is -0.131. The van der Waals surface area contributed by atoms with E-state index in [1.54, 1.807) is 36.8 Å². The Bertz CT molecular complexity index is 709. The zero-order valence-corrected chi connectivity index (χ0v) is 15.5. The molecule has 1 N–H and O–H groups in total. The van der Waals surface area contributed by atoms with Gasteiger partial charge in [0.1, 0.15) is 0 Å². The summed E-state index contributed by atoms with van der Waals surface area (Å²) in [4.78, 5) is 30.3. The van der Waals surface area contributed by atoms with E-state index in [-0.39, 0.29) is 24.4 Å². The predicted molar refractivity (Wildman–Crippen MR) is 97.5 cm³/mol. The first kappa shape index (κ1) is 17.1. The third-order valence-electron chi connectivity index (χ3n) is 4.16. The SMILES string of the molecule is CN(C)C(=O)CNC(=O)CN1CCc2sccc2C1c1cccs1. The van der Waals surface area contributed by atoms with E-state index in [2.05, 4.69) is 39.2 Å². The number of carbonyl (C=O) groups excluding carboxylic acids is 2. The zero-order chi connectivity index (χ0) is 17.1. The number of nitrogens with one attached hydrogen (secondary N) is 1. The van der Waals surface area contributed by atoms with Gasteiger partial charge in [-0.1, -0.05) is 6.07 Å². The van der Waals surface area contributed by atoms with E-state index in [9.17, 15) is 9.59 Å². The number of rotatable bonds is 5. The molecule has 3 heterocycles. The second-order valence-corrected chi connectivity index (χ2v) is 7.98. The smallest absolute Gasteiger partial charge is 0.241 e. The summed E-state index contributed by atoms with van der Waals surface area (Å²) < 4.78 is 0. The molecule has 1 aliphatic rings. The van der Waals surface area contributed by atoms with Crippen molar-refractivity contribution in [2.45, 2.75) is 12.5 Å². The standard InChI is InChI=1S/C17H21N3O2S2/c1-19(2)16(22)10-18-15(21)11-20-7-5-13-12(6-9-24-13)17(20)14-4-3-8-23-14/h3-4,6,8-9,17H,5,7,10-11H2,1-2H3,(H,18,21). The van der Waals surface area contributed by atoms with Gasteiger partial charge in [0.15, 0.2) is 0 Å². The topological polar surface area (TPSA) is 52.7 Å². The van der Waals surface area contributed by atoms with Crippen LogP contribution in [0.4, 0.5) is 0 Å². The van der Waals surface area contributed by atoms with Gasteiger partial charge in [0, 0.05) is 30.4 Å². The minimum atomic E-state index is -0.106. The Morgan fingerprint density at radius 3 is 2.83 bits per heavy atom. The van der Waals surface area contributed by atoms with Gasteiger partial charge in [-0.25, -0.2) is 0 Å². The fourth-order valence-corrected chi connectivity index (χ4v) is 4.67. The Balaban J connectivity index is 1.70. The molecule has 0 radical (unpaired) electrons. The lowest BCUT2D eigenvalue weighted by Gasteiger charge is -2.34. The van der Waals surface area contributed by atoms with Gasteiger partial charge in [-0.05, 0) is 34.9 Å². The van der Waals surface area contributed by atoms with Crippen LogP contribution in [0.2, 0.25) is 0 Å². The van der Waals surface area contributed by atoms with Crippen molar-refractivity contribution >= 4 is 34.5 Å². The molecule has 0 aliphatic carbocycles. The van der Waals surface area contributed by atoms with Crippen molar-refractivity contribution in [2.24, 2.45) is 0 Å². The summed E-state index contributed by atoms with van der Waals surface area (Å²) in [5.74, 6) is -0.206. The van der Waals surface area contributed by atoms with Crippen LogP contribution in [0, 0.1) is 0 Å². The molecular weight excluding hydrogens is 342 g/mol. The van der Waals surface area contributed by atoms with Crippen molar-refractivity contribution < 1.29 is 9.59 Å². The van der Waals surface area contributed by atoms with Crippen LogP contribution >= 0.6 is 22.7 Å². The molecule has 0 spiro atoms. The Hall–Kier alpha value is -1.70. The molecule has 0 saturated heterocycles. The summed E-state index contributed by atoms with van der Waals surface area (Å²) in [5, 5.41) is 6.93. The van der Waals surface area contributed by atoms with Crippen molar-refractivity contribution in [3.05, 3.63) is 44.3 Å². The molecule has 7 heteroatoms. The summed E-state index contributed by atoms with van der Waals surface area (Å²) in [5.41, 5.74) is 1.31. The molecule has 0 aromatic carbocycles. The molecule has 1 unspecified atom stereocenters. The second-order valence-electron chi connectivity index (χ2n) is 6.00. The van der Waals surface area contributed by atoms with E-state index < -0.39 is 0 Å². The van der Waals surface area contributed by atoms with Gasteiger partial charge >= 0.3 is 0 Å². The minimum Gasteiger partial charge on any atom is -0.347 e. The largest absolute Gasteiger partial charge is 0.347 e. The Labute approximate surface area is 149 Å². The number of fused-ring (bicyclic) bond motifs is 1. The number of hydrogen-bond donors (Lipinski definition) is 1. The van der Waals surface area contributed by atoms with E-state index in [1.165, 1.54) is 20.2 Å². The molecule has 2 aromatic heterocycles. The maximum absolute atomic E-state index is 12.3. The molecule has 5 nitrogen and oxygen atoms in total. The summed E-state index contributed by atoms with van der Waals surface area (Å²) in [7, 11) is 3.37. The van der Waals surface area contributed by atoms with Gasteiger partial charge in [0.2, 0.25) is 11.8 Å². The van der Waals surface area contributed by atoms with Crippen molar-refractivity contribution in [1.82, 2.24) is 15.1 Å². The van der Waals surface area contributed by atoms with E-state index in [0.717, 1.165) is 13.0 Å². The highest BCUT2D eigenvalue weighted by atomic mass is 32.1. The summed E-state index contributed by atoms with van der Waals surface area (Å²) in [6.45, 7) is 1.21. The molecule has 3 rings (SSSR count). The molecule has 1 atom stereocenters.